The molecule has 1 aromatic heterocycles. The lowest BCUT2D eigenvalue weighted by Gasteiger charge is -2.21. The molecule has 0 N–H and O–H groups in total. The quantitative estimate of drug-likeness (QED) is 0.504. The first-order chi connectivity index (χ1) is 13.5. The van der Waals surface area contributed by atoms with Crippen LogP contribution in [0.2, 0.25) is 0 Å². The second kappa shape index (κ2) is 10.5. The summed E-state index contributed by atoms with van der Waals surface area (Å²) in [4.78, 5) is 4.67. The number of hydrogen-bond acceptors (Lipinski definition) is 4. The van der Waals surface area contributed by atoms with Crippen LogP contribution in [0.15, 0.2) is 18.2 Å². The minimum Gasteiger partial charge on any atom is -0.487 e. The van der Waals surface area contributed by atoms with Gasteiger partial charge in [0.25, 0.3) is 0 Å². The standard InChI is InChI=1S/C24H35NO3/c1-8-18-13-19(9-2)23(20(10-3)14-18)28-24-17(6)22(12-16(5)25-24)27-21(11-4)15-26-7/h12-14,21H,8-11,15H2,1-7H3. The molecule has 1 heterocycles. The molecule has 2 rings (SSSR count). The van der Waals surface area contributed by atoms with Gasteiger partial charge in [0.1, 0.15) is 17.6 Å². The number of pyridine rings is 1. The Kier molecular flexibility index (Phi) is 8.31. The van der Waals surface area contributed by atoms with Crippen molar-refractivity contribution in [3.63, 3.8) is 0 Å². The highest BCUT2D eigenvalue weighted by Crippen LogP contribution is 2.36. The molecule has 0 aliphatic rings. The van der Waals surface area contributed by atoms with E-state index in [1.54, 1.807) is 7.11 Å². The predicted molar refractivity (Wildman–Crippen MR) is 115 cm³/mol. The monoisotopic (exact) mass is 385 g/mol. The van der Waals surface area contributed by atoms with Crippen LogP contribution in [0.3, 0.4) is 0 Å². The Bertz CT molecular complexity index is 761. The molecule has 1 atom stereocenters. The van der Waals surface area contributed by atoms with Gasteiger partial charge in [0.15, 0.2) is 0 Å². The third-order valence-corrected chi connectivity index (χ3v) is 5.08. The first kappa shape index (κ1) is 22.2. The van der Waals surface area contributed by atoms with Crippen LogP contribution in [0.25, 0.3) is 0 Å². The number of aromatic nitrogens is 1. The minimum absolute atomic E-state index is 0.0135. The fourth-order valence-electron chi connectivity index (χ4n) is 3.29. The van der Waals surface area contributed by atoms with Gasteiger partial charge in [0.05, 0.1) is 12.2 Å². The number of benzene rings is 1. The van der Waals surface area contributed by atoms with Crippen molar-refractivity contribution in [1.82, 2.24) is 4.98 Å². The summed E-state index contributed by atoms with van der Waals surface area (Å²) in [6.07, 6.45) is 3.77. The summed E-state index contributed by atoms with van der Waals surface area (Å²) in [5.41, 5.74) is 5.61. The number of rotatable bonds is 10. The lowest BCUT2D eigenvalue weighted by molar-refractivity contribution is 0.0780. The van der Waals surface area contributed by atoms with Gasteiger partial charge in [0, 0.05) is 18.9 Å². The van der Waals surface area contributed by atoms with Crippen molar-refractivity contribution in [3.8, 4) is 17.4 Å². The third kappa shape index (κ3) is 5.26. The smallest absolute Gasteiger partial charge is 0.226 e. The average Bonchev–Trinajstić information content (AvgIpc) is 2.70. The molecule has 0 radical (unpaired) electrons. The van der Waals surface area contributed by atoms with E-state index >= 15 is 0 Å². The van der Waals surface area contributed by atoms with E-state index in [0.717, 1.165) is 48.4 Å². The molecule has 0 aliphatic carbocycles. The summed E-state index contributed by atoms with van der Waals surface area (Å²) >= 11 is 0. The number of aryl methyl sites for hydroxylation is 4. The molecule has 0 bridgehead atoms. The lowest BCUT2D eigenvalue weighted by atomic mass is 9.99. The minimum atomic E-state index is 0.0135. The fraction of sp³-hybridized carbons (Fsp3) is 0.542. The van der Waals surface area contributed by atoms with Crippen molar-refractivity contribution in [2.45, 2.75) is 73.3 Å². The zero-order valence-corrected chi connectivity index (χ0v) is 18.5. The van der Waals surface area contributed by atoms with E-state index in [9.17, 15) is 0 Å². The van der Waals surface area contributed by atoms with E-state index in [1.165, 1.54) is 16.7 Å². The van der Waals surface area contributed by atoms with Crippen molar-refractivity contribution >= 4 is 0 Å². The van der Waals surface area contributed by atoms with Gasteiger partial charge in [-0.2, -0.15) is 0 Å². The Hall–Kier alpha value is -2.07. The van der Waals surface area contributed by atoms with Crippen molar-refractivity contribution < 1.29 is 14.2 Å². The second-order valence-electron chi connectivity index (χ2n) is 7.20. The molecule has 4 nitrogen and oxygen atoms in total. The summed E-state index contributed by atoms with van der Waals surface area (Å²) in [6, 6.07) is 6.48. The Labute approximate surface area is 170 Å². The van der Waals surface area contributed by atoms with E-state index in [-0.39, 0.29) is 6.10 Å². The van der Waals surface area contributed by atoms with Crippen LogP contribution in [0.5, 0.6) is 17.4 Å². The van der Waals surface area contributed by atoms with Crippen LogP contribution in [0.1, 0.15) is 62.1 Å². The van der Waals surface area contributed by atoms with Crippen LogP contribution in [0.4, 0.5) is 0 Å². The molecule has 0 amide bonds. The molecule has 0 saturated carbocycles. The molecule has 154 valence electrons. The van der Waals surface area contributed by atoms with Gasteiger partial charge in [-0.15, -0.1) is 0 Å². The maximum absolute atomic E-state index is 6.43. The highest BCUT2D eigenvalue weighted by Gasteiger charge is 2.18. The van der Waals surface area contributed by atoms with Crippen molar-refractivity contribution in [2.75, 3.05) is 13.7 Å². The van der Waals surface area contributed by atoms with Crippen LogP contribution in [-0.2, 0) is 24.0 Å². The summed E-state index contributed by atoms with van der Waals surface area (Å²) in [7, 11) is 1.70. The van der Waals surface area contributed by atoms with E-state index < -0.39 is 0 Å². The highest BCUT2D eigenvalue weighted by atomic mass is 16.5. The number of nitrogens with zero attached hydrogens (tertiary/aromatic N) is 1. The van der Waals surface area contributed by atoms with E-state index in [4.69, 9.17) is 14.2 Å². The Morgan fingerprint density at radius 1 is 0.929 bits per heavy atom. The maximum atomic E-state index is 6.43. The molecule has 0 fully saturated rings. The van der Waals surface area contributed by atoms with Crippen LogP contribution >= 0.6 is 0 Å². The SMILES string of the molecule is CCc1cc(CC)c(Oc2nc(C)cc(OC(CC)COC)c2C)c(CC)c1. The molecule has 28 heavy (non-hydrogen) atoms. The molecule has 0 aliphatic heterocycles. The molecular weight excluding hydrogens is 350 g/mol. The lowest BCUT2D eigenvalue weighted by Crippen LogP contribution is -2.22. The summed E-state index contributed by atoms with van der Waals surface area (Å²) in [5, 5.41) is 0. The number of ether oxygens (including phenoxy) is 3. The Morgan fingerprint density at radius 2 is 1.57 bits per heavy atom. The summed E-state index contributed by atoms with van der Waals surface area (Å²) in [6.45, 7) is 13.2. The van der Waals surface area contributed by atoms with E-state index in [0.29, 0.717) is 12.5 Å². The molecular formula is C24H35NO3. The molecule has 2 aromatic rings. The van der Waals surface area contributed by atoms with Gasteiger partial charge >= 0.3 is 0 Å². The van der Waals surface area contributed by atoms with Gasteiger partial charge in [-0.25, -0.2) is 4.98 Å². The van der Waals surface area contributed by atoms with Crippen molar-refractivity contribution in [3.05, 3.63) is 46.1 Å². The number of hydrogen-bond donors (Lipinski definition) is 0. The van der Waals surface area contributed by atoms with E-state index in [1.807, 2.05) is 19.9 Å². The maximum Gasteiger partial charge on any atom is 0.226 e. The van der Waals surface area contributed by atoms with Gasteiger partial charge in [-0.3, -0.25) is 0 Å². The number of methoxy groups -OCH3 is 1. The topological polar surface area (TPSA) is 40.6 Å². The van der Waals surface area contributed by atoms with Gasteiger partial charge in [-0.1, -0.05) is 39.8 Å². The first-order valence-corrected chi connectivity index (χ1v) is 10.4. The Balaban J connectivity index is 2.44. The van der Waals surface area contributed by atoms with E-state index in [2.05, 4.69) is 44.8 Å². The van der Waals surface area contributed by atoms with Gasteiger partial charge in [-0.05, 0) is 56.2 Å². The largest absolute Gasteiger partial charge is 0.487 e. The summed E-state index contributed by atoms with van der Waals surface area (Å²) in [5.74, 6) is 2.38. The molecule has 4 heteroatoms. The molecule has 1 aromatic carbocycles. The van der Waals surface area contributed by atoms with Crippen LogP contribution < -0.4 is 9.47 Å². The second-order valence-corrected chi connectivity index (χ2v) is 7.20. The van der Waals surface area contributed by atoms with Crippen molar-refractivity contribution in [2.24, 2.45) is 0 Å². The van der Waals surface area contributed by atoms with Crippen LogP contribution in [0, 0.1) is 13.8 Å². The normalized spacial score (nSPS) is 12.1. The summed E-state index contributed by atoms with van der Waals surface area (Å²) < 4.78 is 17.9. The molecule has 0 saturated heterocycles. The van der Waals surface area contributed by atoms with Gasteiger partial charge < -0.3 is 14.2 Å². The predicted octanol–water partition coefficient (Wildman–Crippen LogP) is 5.98. The zero-order valence-electron chi connectivity index (χ0n) is 18.5. The van der Waals surface area contributed by atoms with Crippen LogP contribution in [-0.4, -0.2) is 24.8 Å². The fourth-order valence-corrected chi connectivity index (χ4v) is 3.29. The van der Waals surface area contributed by atoms with Gasteiger partial charge in [0.2, 0.25) is 5.88 Å². The van der Waals surface area contributed by atoms with Crippen molar-refractivity contribution in [1.29, 1.82) is 0 Å². The first-order valence-electron chi connectivity index (χ1n) is 10.4. The third-order valence-electron chi connectivity index (χ3n) is 5.08. The highest BCUT2D eigenvalue weighted by molar-refractivity contribution is 5.49. The molecule has 1 unspecified atom stereocenters. The Morgan fingerprint density at radius 3 is 2.07 bits per heavy atom. The average molecular weight is 386 g/mol. The molecule has 0 spiro atoms. The zero-order chi connectivity index (χ0) is 20.7.